The average Bonchev–Trinajstić information content (AvgIpc) is 1.65. The summed E-state index contributed by atoms with van der Waals surface area (Å²) >= 11 is 3.92. The molecule has 0 bridgehead atoms. The zero-order valence-corrected chi connectivity index (χ0v) is 3.99. The highest BCUT2D eigenvalue weighted by atomic mass is 32.1. The molecule has 34 valence electrons. The number of hydrogen-bond acceptors (Lipinski definition) is 3. The predicted molar refractivity (Wildman–Crippen MR) is 22.2 cm³/mol. The molecular formula is C2H3NO2S. The molecule has 3 nitrogen and oxygen atoms in total. The van der Waals surface area contributed by atoms with Gasteiger partial charge in [-0.2, -0.15) is 0 Å². The Labute approximate surface area is 40.5 Å². The monoisotopic (exact) mass is 105 g/mol. The molecule has 0 aliphatic rings. The summed E-state index contributed by atoms with van der Waals surface area (Å²) in [6.07, 6.45) is -0.718. The standard InChI is InChI=1S/C2H3NO2S/c1-5-2(4)3-6/h1H3. The van der Waals surface area contributed by atoms with E-state index in [2.05, 4.69) is 21.5 Å². The molecule has 0 aliphatic carbocycles. The van der Waals surface area contributed by atoms with Gasteiger partial charge in [0.05, 0.1) is 7.11 Å². The largest absolute Gasteiger partial charge is 0.451 e. The molecule has 0 N–H and O–H groups in total. The summed E-state index contributed by atoms with van der Waals surface area (Å²) in [5.74, 6) is 0. The Hall–Kier alpha value is -0.510. The number of methoxy groups -OCH3 is 1. The van der Waals surface area contributed by atoms with Crippen LogP contribution in [0.25, 0.3) is 0 Å². The molecule has 4 heteroatoms. The zero-order chi connectivity index (χ0) is 4.99. The smallest absolute Gasteiger partial charge is 0.444 e. The van der Waals surface area contributed by atoms with Crippen molar-refractivity contribution in [1.82, 2.24) is 0 Å². The highest BCUT2D eigenvalue weighted by Crippen LogP contribution is 1.72. The fraction of sp³-hybridized carbons (Fsp3) is 0.500. The van der Waals surface area contributed by atoms with E-state index >= 15 is 0 Å². The molecule has 0 saturated carbocycles. The van der Waals surface area contributed by atoms with Gasteiger partial charge < -0.3 is 4.74 Å². The van der Waals surface area contributed by atoms with Crippen LogP contribution in [-0.2, 0) is 17.2 Å². The molecule has 0 aliphatic heterocycles. The van der Waals surface area contributed by atoms with E-state index < -0.39 is 6.09 Å². The minimum Gasteiger partial charge on any atom is -0.451 e. The highest BCUT2D eigenvalue weighted by molar-refractivity contribution is 7.47. The third kappa shape index (κ3) is 1.78. The Morgan fingerprint density at radius 3 is 2.50 bits per heavy atom. The lowest BCUT2D eigenvalue weighted by molar-refractivity contribution is 0.183. The van der Waals surface area contributed by atoms with Crippen LogP contribution in [0.4, 0.5) is 4.79 Å². The van der Waals surface area contributed by atoms with Crippen molar-refractivity contribution in [2.45, 2.75) is 0 Å². The van der Waals surface area contributed by atoms with Gasteiger partial charge in [0.25, 0.3) is 0 Å². The van der Waals surface area contributed by atoms with Crippen molar-refractivity contribution in [3.63, 3.8) is 0 Å². The van der Waals surface area contributed by atoms with Gasteiger partial charge in [0.1, 0.15) is 0 Å². The van der Waals surface area contributed by atoms with Crippen molar-refractivity contribution in [2.24, 2.45) is 4.36 Å². The van der Waals surface area contributed by atoms with E-state index in [1.165, 1.54) is 7.11 Å². The first-order valence-corrected chi connectivity index (χ1v) is 1.59. The first kappa shape index (κ1) is 5.49. The fourth-order valence-corrected chi connectivity index (χ4v) is 0.112. The highest BCUT2D eigenvalue weighted by Gasteiger charge is 1.86. The molecule has 1 amide bonds. The van der Waals surface area contributed by atoms with E-state index in [4.69, 9.17) is 0 Å². The van der Waals surface area contributed by atoms with Crippen LogP contribution >= 0.6 is 0 Å². The van der Waals surface area contributed by atoms with Gasteiger partial charge in [-0.15, -0.1) is 4.36 Å². The third-order valence-electron chi connectivity index (χ3n) is 0.249. The van der Waals surface area contributed by atoms with E-state index in [1.54, 1.807) is 0 Å². The van der Waals surface area contributed by atoms with Gasteiger partial charge in [0.2, 0.25) is 0 Å². The summed E-state index contributed by atoms with van der Waals surface area (Å²) in [7, 11) is 1.22. The molecule has 0 aromatic heterocycles. The van der Waals surface area contributed by atoms with Crippen molar-refractivity contribution in [1.29, 1.82) is 0 Å². The SMILES string of the molecule is COC(=O)N=S. The van der Waals surface area contributed by atoms with Crippen LogP contribution in [0.1, 0.15) is 0 Å². The second kappa shape index (κ2) is 2.71. The molecule has 0 saturated heterocycles. The Bertz CT molecular complexity index is 71.9. The Balaban J connectivity index is 3.23. The third-order valence-corrected chi connectivity index (χ3v) is 0.398. The topological polar surface area (TPSA) is 38.7 Å². The van der Waals surface area contributed by atoms with E-state index in [0.29, 0.717) is 0 Å². The maximum atomic E-state index is 9.69. The molecule has 0 aromatic rings. The maximum Gasteiger partial charge on any atom is 0.444 e. The number of amides is 1. The van der Waals surface area contributed by atoms with Gasteiger partial charge in [-0.3, -0.25) is 0 Å². The Kier molecular flexibility index (Phi) is 2.48. The number of carbonyl (C=O) groups is 1. The summed E-state index contributed by atoms with van der Waals surface area (Å²) in [6, 6.07) is 0. The van der Waals surface area contributed by atoms with Crippen molar-refractivity contribution in [3.05, 3.63) is 0 Å². The van der Waals surface area contributed by atoms with Crippen LogP contribution in [0.3, 0.4) is 0 Å². The number of nitrogens with zero attached hydrogens (tertiary/aromatic N) is 1. The Morgan fingerprint density at radius 2 is 2.50 bits per heavy atom. The van der Waals surface area contributed by atoms with Gasteiger partial charge in [0, 0.05) is 12.4 Å². The fourth-order valence-electron chi connectivity index (χ4n) is 0.0373. The normalized spacial score (nSPS) is 6.83. The lowest BCUT2D eigenvalue weighted by Gasteiger charge is -1.80. The molecule has 0 radical (unpaired) electrons. The lowest BCUT2D eigenvalue weighted by atomic mass is 11.2. The lowest BCUT2D eigenvalue weighted by Crippen LogP contribution is -1.87. The number of ether oxygens (including phenoxy) is 1. The number of rotatable bonds is 0. The van der Waals surface area contributed by atoms with Gasteiger partial charge in [-0.1, -0.05) is 0 Å². The van der Waals surface area contributed by atoms with Crippen LogP contribution in [0.15, 0.2) is 4.36 Å². The van der Waals surface area contributed by atoms with Gasteiger partial charge >= 0.3 is 6.09 Å². The molecule has 0 spiro atoms. The second-order valence-corrected chi connectivity index (χ2v) is 0.744. The van der Waals surface area contributed by atoms with Gasteiger partial charge in [-0.25, -0.2) is 4.79 Å². The zero-order valence-electron chi connectivity index (χ0n) is 3.17. The summed E-state index contributed by atoms with van der Waals surface area (Å²) < 4.78 is 6.72. The van der Waals surface area contributed by atoms with Crippen LogP contribution in [-0.4, -0.2) is 13.2 Å². The van der Waals surface area contributed by atoms with Gasteiger partial charge in [-0.05, 0) is 0 Å². The van der Waals surface area contributed by atoms with Crippen molar-refractivity contribution >= 4 is 18.5 Å². The molecule has 0 unspecified atom stereocenters. The van der Waals surface area contributed by atoms with Crippen molar-refractivity contribution in [2.75, 3.05) is 7.11 Å². The molecular weight excluding hydrogens is 102 g/mol. The minimum atomic E-state index is -0.718. The summed E-state index contributed by atoms with van der Waals surface area (Å²) in [5, 5.41) is 0. The van der Waals surface area contributed by atoms with Crippen LogP contribution in [0.5, 0.6) is 0 Å². The molecule has 0 rings (SSSR count). The number of hydrogen-bond donors (Lipinski definition) is 0. The summed E-state index contributed by atoms with van der Waals surface area (Å²) in [4.78, 5) is 9.69. The molecule has 0 fully saturated rings. The van der Waals surface area contributed by atoms with E-state index in [9.17, 15) is 4.79 Å². The predicted octanol–water partition coefficient (Wildman–Crippen LogP) is 0.483. The molecule has 0 heterocycles. The quantitative estimate of drug-likeness (QED) is 0.450. The van der Waals surface area contributed by atoms with Crippen LogP contribution in [0.2, 0.25) is 0 Å². The van der Waals surface area contributed by atoms with E-state index in [1.807, 2.05) is 0 Å². The van der Waals surface area contributed by atoms with E-state index in [0.717, 1.165) is 0 Å². The summed E-state index contributed by atoms with van der Waals surface area (Å²) in [6.45, 7) is 0. The minimum absolute atomic E-state index is 0.718. The van der Waals surface area contributed by atoms with E-state index in [-0.39, 0.29) is 0 Å². The number of carbonyl (C=O) groups excluding carboxylic acids is 1. The Morgan fingerprint density at radius 1 is 2.00 bits per heavy atom. The van der Waals surface area contributed by atoms with Crippen molar-refractivity contribution < 1.29 is 9.53 Å². The average molecular weight is 105 g/mol. The summed E-state index contributed by atoms with van der Waals surface area (Å²) in [5.41, 5.74) is 0. The maximum absolute atomic E-state index is 9.69. The van der Waals surface area contributed by atoms with Gasteiger partial charge in [0.15, 0.2) is 0 Å². The first-order chi connectivity index (χ1) is 2.81. The molecule has 0 aromatic carbocycles. The van der Waals surface area contributed by atoms with Crippen molar-refractivity contribution in [3.8, 4) is 0 Å². The van der Waals surface area contributed by atoms with Crippen LogP contribution < -0.4 is 0 Å². The van der Waals surface area contributed by atoms with Crippen LogP contribution in [0, 0.1) is 0 Å². The molecule has 0 atom stereocenters. The molecule has 6 heavy (non-hydrogen) atoms. The first-order valence-electron chi connectivity index (χ1n) is 1.22. The second-order valence-electron chi connectivity index (χ2n) is 0.561.